The molecule has 6 heteroatoms. The van der Waals surface area contributed by atoms with Gasteiger partial charge in [-0.15, -0.1) is 0 Å². The van der Waals surface area contributed by atoms with Crippen LogP contribution in [-0.4, -0.2) is 44.3 Å². The lowest BCUT2D eigenvalue weighted by molar-refractivity contribution is -0.228. The zero-order valence-corrected chi connectivity index (χ0v) is 31.1. The predicted molar refractivity (Wildman–Crippen MR) is 193 cm³/mol. The molecule has 0 radical (unpaired) electrons. The molecule has 49 heavy (non-hydrogen) atoms. The summed E-state index contributed by atoms with van der Waals surface area (Å²) in [4.78, 5) is 40.1. The number of aliphatic hydroxyl groups is 1. The number of nitrogens with one attached hydrogen (secondary N) is 1. The number of ketones is 1. The van der Waals surface area contributed by atoms with E-state index < -0.39 is 5.41 Å². The van der Waals surface area contributed by atoms with Gasteiger partial charge in [0.05, 0.1) is 29.5 Å². The summed E-state index contributed by atoms with van der Waals surface area (Å²) >= 11 is 0. The Labute approximate surface area is 293 Å². The number of rotatable bonds is 4. The van der Waals surface area contributed by atoms with Gasteiger partial charge in [-0.1, -0.05) is 78.8 Å². The van der Waals surface area contributed by atoms with Gasteiger partial charge in [0, 0.05) is 13.0 Å². The highest BCUT2D eigenvalue weighted by Gasteiger charge is 2.71. The number of likely N-dealkylation sites (tertiary alicyclic amines) is 1. The molecule has 6 nitrogen and oxygen atoms in total. The number of carbonyl (C=O) groups excluding carboxylic acids is 2. The molecule has 2 N–H and O–H groups in total. The van der Waals surface area contributed by atoms with Gasteiger partial charge in [0.1, 0.15) is 5.82 Å². The first kappa shape index (κ1) is 33.4. The molecule has 5 aliphatic carbocycles. The van der Waals surface area contributed by atoms with Crippen molar-refractivity contribution in [3.8, 4) is 11.3 Å². The van der Waals surface area contributed by atoms with Crippen LogP contribution in [0.15, 0.2) is 47.7 Å². The molecule has 1 saturated heterocycles. The van der Waals surface area contributed by atoms with Gasteiger partial charge in [0.2, 0.25) is 5.91 Å². The second kappa shape index (κ2) is 11.1. The minimum absolute atomic E-state index is 0.0178. The van der Waals surface area contributed by atoms with Crippen molar-refractivity contribution in [1.82, 2.24) is 14.9 Å². The van der Waals surface area contributed by atoms with Crippen molar-refractivity contribution in [2.75, 3.05) is 6.54 Å². The number of hydrogen-bond donors (Lipinski definition) is 2. The number of allylic oxidation sites excluding steroid dienone is 1. The summed E-state index contributed by atoms with van der Waals surface area (Å²) in [6, 6.07) is 10.2. The van der Waals surface area contributed by atoms with E-state index in [1.807, 2.05) is 24.4 Å². The van der Waals surface area contributed by atoms with E-state index in [1.165, 1.54) is 5.57 Å². The lowest BCUT2D eigenvalue weighted by atomic mass is 9.33. The first-order valence-corrected chi connectivity index (χ1v) is 19.6. The van der Waals surface area contributed by atoms with E-state index in [9.17, 15) is 9.90 Å². The highest BCUT2D eigenvalue weighted by molar-refractivity contribution is 6.07. The molecule has 9 atom stereocenters. The standard InChI is InChI=1S/C43H59N3O3/c1-26(2)35-31(47)24-43(38(49)46-23-11-14-30(46)37-44-25-29(45-37)27-12-9-8-10-13-27)22-21-41(6)28(36(35)43)15-16-33-40(5)19-18-34(48)39(3,4)32(40)17-20-42(33,41)7/h8-10,12-13,25-26,28,30,32-34,48H,11,14-24H2,1-7H3,(H,44,45)/t28-,30+,32+,33-,34+,40+,41-,42-,43-/m1/s1. The summed E-state index contributed by atoms with van der Waals surface area (Å²) in [5.41, 5.74) is 3.81. The van der Waals surface area contributed by atoms with Crippen molar-refractivity contribution in [3.63, 3.8) is 0 Å². The third-order valence-electron chi connectivity index (χ3n) is 16.3. The van der Waals surface area contributed by atoms with Gasteiger partial charge < -0.3 is 15.0 Å². The Bertz CT molecular complexity index is 1690. The van der Waals surface area contributed by atoms with Crippen molar-refractivity contribution >= 4 is 11.7 Å². The molecule has 5 fully saturated rings. The number of H-pyrrole nitrogens is 1. The molecule has 8 rings (SSSR count). The van der Waals surface area contributed by atoms with E-state index in [0.29, 0.717) is 24.8 Å². The molecule has 1 amide bonds. The van der Waals surface area contributed by atoms with Crippen LogP contribution in [0.1, 0.15) is 131 Å². The number of aliphatic hydroxyl groups excluding tert-OH is 1. The van der Waals surface area contributed by atoms with Crippen LogP contribution in [0, 0.1) is 50.7 Å². The summed E-state index contributed by atoms with van der Waals surface area (Å²) in [6.45, 7) is 17.4. The first-order chi connectivity index (χ1) is 23.2. The van der Waals surface area contributed by atoms with Crippen molar-refractivity contribution in [1.29, 1.82) is 0 Å². The van der Waals surface area contributed by atoms with Gasteiger partial charge in [0.15, 0.2) is 5.78 Å². The van der Waals surface area contributed by atoms with Gasteiger partial charge in [-0.3, -0.25) is 9.59 Å². The van der Waals surface area contributed by atoms with Gasteiger partial charge in [0.25, 0.3) is 0 Å². The quantitative estimate of drug-likeness (QED) is 0.341. The molecule has 0 spiro atoms. The summed E-state index contributed by atoms with van der Waals surface area (Å²) in [5.74, 6) is 2.70. The second-order valence-electron chi connectivity index (χ2n) is 18.9. The Hall–Kier alpha value is -2.73. The van der Waals surface area contributed by atoms with Crippen molar-refractivity contribution in [2.45, 2.75) is 131 Å². The third kappa shape index (κ3) is 4.43. The summed E-state index contributed by atoms with van der Waals surface area (Å²) < 4.78 is 0. The molecule has 0 unspecified atom stereocenters. The van der Waals surface area contributed by atoms with Crippen LogP contribution in [0.2, 0.25) is 0 Å². The topological polar surface area (TPSA) is 86.3 Å². The zero-order chi connectivity index (χ0) is 34.7. The Morgan fingerprint density at radius 1 is 0.918 bits per heavy atom. The molecule has 1 aromatic heterocycles. The lowest BCUT2D eigenvalue weighted by Gasteiger charge is -2.72. The Kier molecular flexibility index (Phi) is 7.59. The van der Waals surface area contributed by atoms with Crippen LogP contribution < -0.4 is 0 Å². The third-order valence-corrected chi connectivity index (χ3v) is 16.3. The molecule has 1 aromatic carbocycles. The van der Waals surface area contributed by atoms with E-state index >= 15 is 4.79 Å². The average molecular weight is 666 g/mol. The number of amides is 1. The molecule has 0 bridgehead atoms. The maximum Gasteiger partial charge on any atom is 0.234 e. The smallest absolute Gasteiger partial charge is 0.234 e. The fourth-order valence-electron chi connectivity index (χ4n) is 13.7. The summed E-state index contributed by atoms with van der Waals surface area (Å²) in [6.07, 6.45) is 12.1. The molecule has 264 valence electrons. The maximum absolute atomic E-state index is 15.3. The SMILES string of the molecule is CC(C)C1=C2[C@H]3CC[C@@H]4[C@@]5(C)CC[C@H](O)C(C)(C)[C@@H]5CC[C@@]4(C)[C@]3(C)CC[C@@]2(C(=O)N2CCC[C@H]2c2ncc(-c3ccccc3)[nH]2)CC1=O. The zero-order valence-electron chi connectivity index (χ0n) is 31.1. The normalized spacial score (nSPS) is 41.4. The largest absolute Gasteiger partial charge is 0.393 e. The fraction of sp³-hybridized carbons (Fsp3) is 0.698. The molecule has 4 saturated carbocycles. The molecular weight excluding hydrogens is 606 g/mol. The number of nitrogens with zero attached hydrogens (tertiary/aromatic N) is 2. The van der Waals surface area contributed by atoms with Crippen LogP contribution >= 0.6 is 0 Å². The number of benzene rings is 1. The van der Waals surface area contributed by atoms with Crippen LogP contribution in [0.4, 0.5) is 0 Å². The predicted octanol–water partition coefficient (Wildman–Crippen LogP) is 9.08. The minimum Gasteiger partial charge on any atom is -0.393 e. The van der Waals surface area contributed by atoms with Crippen LogP contribution in [0.5, 0.6) is 0 Å². The maximum atomic E-state index is 15.3. The number of carbonyl (C=O) groups is 2. The van der Waals surface area contributed by atoms with E-state index in [0.717, 1.165) is 86.9 Å². The molecular formula is C43H59N3O3. The van der Waals surface area contributed by atoms with E-state index in [2.05, 4.69) is 70.5 Å². The number of aromatic nitrogens is 2. The Balaban J connectivity index is 1.16. The van der Waals surface area contributed by atoms with Crippen molar-refractivity contribution in [3.05, 3.63) is 53.5 Å². The number of fused-ring (bicyclic) bond motifs is 7. The van der Waals surface area contributed by atoms with Crippen molar-refractivity contribution in [2.24, 2.45) is 50.7 Å². The first-order valence-electron chi connectivity index (χ1n) is 19.6. The van der Waals surface area contributed by atoms with Crippen molar-refractivity contribution < 1.29 is 14.7 Å². The minimum atomic E-state index is -0.737. The van der Waals surface area contributed by atoms with Crippen LogP contribution in [0.25, 0.3) is 11.3 Å². The average Bonchev–Trinajstić information content (AvgIpc) is 3.81. The Morgan fingerprint density at radius 3 is 2.41 bits per heavy atom. The van der Waals surface area contributed by atoms with Gasteiger partial charge >= 0.3 is 0 Å². The summed E-state index contributed by atoms with van der Waals surface area (Å²) in [5, 5.41) is 11.1. The number of imidazole rings is 1. The number of Topliss-reactive ketones (excluding diaryl/α,β-unsaturated/α-hetero) is 1. The van der Waals surface area contributed by atoms with Gasteiger partial charge in [-0.05, 0) is 126 Å². The summed E-state index contributed by atoms with van der Waals surface area (Å²) in [7, 11) is 0. The van der Waals surface area contributed by atoms with E-state index in [1.54, 1.807) is 0 Å². The highest BCUT2D eigenvalue weighted by atomic mass is 16.3. The highest BCUT2D eigenvalue weighted by Crippen LogP contribution is 2.76. The Morgan fingerprint density at radius 2 is 1.67 bits per heavy atom. The van der Waals surface area contributed by atoms with Gasteiger partial charge in [-0.25, -0.2) is 4.98 Å². The van der Waals surface area contributed by atoms with Crippen LogP contribution in [0.3, 0.4) is 0 Å². The van der Waals surface area contributed by atoms with E-state index in [-0.39, 0.29) is 57.3 Å². The molecule has 2 aromatic rings. The monoisotopic (exact) mass is 665 g/mol. The number of aromatic amines is 1. The number of hydrogen-bond acceptors (Lipinski definition) is 4. The fourth-order valence-corrected chi connectivity index (χ4v) is 13.7. The molecule has 1 aliphatic heterocycles. The van der Waals surface area contributed by atoms with Gasteiger partial charge in [-0.2, -0.15) is 0 Å². The molecule has 2 heterocycles. The lowest BCUT2D eigenvalue weighted by Crippen LogP contribution is -2.66. The van der Waals surface area contributed by atoms with Crippen LogP contribution in [-0.2, 0) is 9.59 Å². The molecule has 6 aliphatic rings. The van der Waals surface area contributed by atoms with E-state index in [4.69, 9.17) is 4.98 Å². The second-order valence-corrected chi connectivity index (χ2v) is 18.9.